The number of hydrogen-bond donors (Lipinski definition) is 0. The molecule has 0 radical (unpaired) electrons. The Bertz CT molecular complexity index is 2810. The molecule has 0 unspecified atom stereocenters. The number of rotatable bonds is 6. The Morgan fingerprint density at radius 2 is 0.667 bits per heavy atom. The molecular formula is C61H62S2. The molecule has 13 rings (SSSR count). The summed E-state index contributed by atoms with van der Waals surface area (Å²) in [7, 11) is 0. The lowest BCUT2D eigenvalue weighted by Crippen LogP contribution is -2.05. The van der Waals surface area contributed by atoms with Crippen molar-refractivity contribution in [1.82, 2.24) is 0 Å². The lowest BCUT2D eigenvalue weighted by Gasteiger charge is -2.23. The Labute approximate surface area is 383 Å². The molecule has 2 heterocycles. The topological polar surface area (TPSA) is 0 Å². The van der Waals surface area contributed by atoms with E-state index in [0.717, 1.165) is 18.3 Å². The van der Waals surface area contributed by atoms with Crippen molar-refractivity contribution in [3.8, 4) is 33.4 Å². The van der Waals surface area contributed by atoms with E-state index in [2.05, 4.69) is 97.1 Å². The van der Waals surface area contributed by atoms with Crippen molar-refractivity contribution in [3.05, 3.63) is 130 Å². The summed E-state index contributed by atoms with van der Waals surface area (Å²) >= 11 is 4.08. The van der Waals surface area contributed by atoms with Gasteiger partial charge in [-0.05, 0) is 209 Å². The predicted molar refractivity (Wildman–Crippen MR) is 275 cm³/mol. The molecule has 0 aliphatic heterocycles. The molecule has 318 valence electrons. The Morgan fingerprint density at radius 1 is 0.302 bits per heavy atom. The third-order valence-electron chi connectivity index (χ3n) is 17.1. The molecule has 0 amide bonds. The third kappa shape index (κ3) is 7.04. The van der Waals surface area contributed by atoms with Gasteiger partial charge in [-0.3, -0.25) is 0 Å². The Kier molecular flexibility index (Phi) is 10.1. The molecule has 5 aliphatic rings. The van der Waals surface area contributed by atoms with Crippen molar-refractivity contribution < 1.29 is 0 Å². The molecule has 2 heteroatoms. The van der Waals surface area contributed by atoms with Gasteiger partial charge < -0.3 is 0 Å². The molecule has 8 aromatic rings. The molecule has 63 heavy (non-hydrogen) atoms. The van der Waals surface area contributed by atoms with E-state index in [-0.39, 0.29) is 0 Å². The van der Waals surface area contributed by atoms with Crippen LogP contribution in [0.25, 0.3) is 73.7 Å². The van der Waals surface area contributed by atoms with E-state index in [4.69, 9.17) is 0 Å². The molecule has 4 saturated carbocycles. The summed E-state index contributed by atoms with van der Waals surface area (Å²) in [6, 6.07) is 40.8. The van der Waals surface area contributed by atoms with Gasteiger partial charge in [-0.25, -0.2) is 0 Å². The van der Waals surface area contributed by atoms with Crippen molar-refractivity contribution >= 4 is 63.0 Å². The molecule has 0 bridgehead atoms. The molecule has 0 saturated heterocycles. The van der Waals surface area contributed by atoms with Crippen LogP contribution in [0, 0.1) is 0 Å². The molecule has 2 aromatic heterocycles. The molecule has 4 fully saturated rings. The molecule has 0 spiro atoms. The van der Waals surface area contributed by atoms with Crippen LogP contribution in [0.1, 0.15) is 185 Å². The first-order chi connectivity index (χ1) is 31.2. The van der Waals surface area contributed by atoms with Crippen LogP contribution in [0.5, 0.6) is 0 Å². The Morgan fingerprint density at radius 3 is 1.06 bits per heavy atom. The van der Waals surface area contributed by atoms with Crippen LogP contribution in [0.2, 0.25) is 0 Å². The van der Waals surface area contributed by atoms with Crippen molar-refractivity contribution in [2.24, 2.45) is 0 Å². The van der Waals surface area contributed by atoms with E-state index in [1.807, 2.05) is 22.7 Å². The van der Waals surface area contributed by atoms with Gasteiger partial charge in [-0.1, -0.05) is 113 Å². The van der Waals surface area contributed by atoms with Crippen molar-refractivity contribution in [3.63, 3.8) is 0 Å². The molecular weight excluding hydrogens is 797 g/mol. The standard InChI is InChI=1S/C61H62S2/c1-5-13-38(14-6-1)42-25-27-58-54(30-42)56-36-48(40-17-9-3-10-18-40)34-52(60(56)62-58)46-23-21-44-29-45-22-24-47(33-51(45)50(44)32-46)53-35-49(41-19-11-4-12-20-41)37-57-55-31-43(39-15-7-2-8-16-39)26-28-59(55)63-61(53)57/h21-28,30-41H,1-20,29H2. The number of fused-ring (bicyclic) bond motifs is 9. The quantitative estimate of drug-likeness (QED) is 0.156. The molecule has 6 aromatic carbocycles. The van der Waals surface area contributed by atoms with Crippen molar-refractivity contribution in [2.45, 2.75) is 159 Å². The minimum atomic E-state index is 0.671. The maximum Gasteiger partial charge on any atom is 0.0434 e. The van der Waals surface area contributed by atoms with Gasteiger partial charge >= 0.3 is 0 Å². The number of hydrogen-bond acceptors (Lipinski definition) is 2. The van der Waals surface area contributed by atoms with Crippen LogP contribution in [-0.2, 0) is 6.42 Å². The van der Waals surface area contributed by atoms with E-state index in [9.17, 15) is 0 Å². The maximum absolute atomic E-state index is 2.64. The lowest BCUT2D eigenvalue weighted by molar-refractivity contribution is 0.444. The monoisotopic (exact) mass is 858 g/mol. The highest BCUT2D eigenvalue weighted by Crippen LogP contribution is 2.50. The van der Waals surface area contributed by atoms with Crippen LogP contribution in [0.4, 0.5) is 0 Å². The zero-order chi connectivity index (χ0) is 41.4. The van der Waals surface area contributed by atoms with Gasteiger partial charge in [0.2, 0.25) is 0 Å². The average Bonchev–Trinajstić information content (AvgIpc) is 4.05. The van der Waals surface area contributed by atoms with Crippen LogP contribution in [0.3, 0.4) is 0 Å². The summed E-state index contributed by atoms with van der Waals surface area (Å²) in [5, 5.41) is 6.01. The normalized spacial score (nSPS) is 19.4. The van der Waals surface area contributed by atoms with Crippen LogP contribution >= 0.6 is 22.7 Å². The fourth-order valence-electron chi connectivity index (χ4n) is 13.5. The fraction of sp³-hybridized carbons (Fsp3) is 0.410. The highest BCUT2D eigenvalue weighted by molar-refractivity contribution is 7.26. The average molecular weight is 859 g/mol. The van der Waals surface area contributed by atoms with Gasteiger partial charge in [0.15, 0.2) is 0 Å². The van der Waals surface area contributed by atoms with Gasteiger partial charge in [-0.2, -0.15) is 0 Å². The minimum absolute atomic E-state index is 0.671. The second kappa shape index (κ2) is 16.3. The second-order valence-electron chi connectivity index (χ2n) is 20.9. The van der Waals surface area contributed by atoms with Crippen molar-refractivity contribution in [2.75, 3.05) is 0 Å². The largest absolute Gasteiger partial charge is 0.135 e. The molecule has 5 aliphatic carbocycles. The van der Waals surface area contributed by atoms with Crippen molar-refractivity contribution in [1.29, 1.82) is 0 Å². The fourth-order valence-corrected chi connectivity index (χ4v) is 15.9. The lowest BCUT2D eigenvalue weighted by atomic mass is 9.82. The van der Waals surface area contributed by atoms with Gasteiger partial charge in [-0.15, -0.1) is 22.7 Å². The van der Waals surface area contributed by atoms with Crippen LogP contribution < -0.4 is 0 Å². The van der Waals surface area contributed by atoms with E-state index < -0.39 is 0 Å². The zero-order valence-electron chi connectivity index (χ0n) is 37.2. The SMILES string of the molecule is c1cc2c(cc1-c1cc(C3CCCCC3)cc3c1sc1ccc(C4CCCCC4)cc13)-c1cc(-c3cc(C4CCCCC4)cc4c3sc3ccc(C5CCCCC5)cc34)ccc1C2. The summed E-state index contributed by atoms with van der Waals surface area (Å²) in [6.07, 6.45) is 28.4. The summed E-state index contributed by atoms with van der Waals surface area (Å²) in [4.78, 5) is 0. The molecule has 0 N–H and O–H groups in total. The van der Waals surface area contributed by atoms with E-state index in [1.54, 1.807) is 22.3 Å². The summed E-state index contributed by atoms with van der Waals surface area (Å²) in [6.45, 7) is 0. The summed E-state index contributed by atoms with van der Waals surface area (Å²) in [5.41, 5.74) is 17.9. The smallest absolute Gasteiger partial charge is 0.0434 e. The first kappa shape index (κ1) is 39.2. The zero-order valence-corrected chi connectivity index (χ0v) is 38.8. The van der Waals surface area contributed by atoms with Gasteiger partial charge in [0.1, 0.15) is 0 Å². The minimum Gasteiger partial charge on any atom is -0.135 e. The first-order valence-electron chi connectivity index (χ1n) is 25.5. The second-order valence-corrected chi connectivity index (χ2v) is 23.0. The van der Waals surface area contributed by atoms with E-state index in [1.165, 1.54) is 213 Å². The highest BCUT2D eigenvalue weighted by atomic mass is 32.1. The molecule has 0 atom stereocenters. The Hall–Kier alpha value is -4.24. The van der Waals surface area contributed by atoms with Crippen LogP contribution in [-0.4, -0.2) is 0 Å². The van der Waals surface area contributed by atoms with Crippen LogP contribution in [0.15, 0.2) is 97.1 Å². The van der Waals surface area contributed by atoms with Gasteiger partial charge in [0.25, 0.3) is 0 Å². The summed E-state index contributed by atoms with van der Waals surface area (Å²) in [5.74, 6) is 2.80. The third-order valence-corrected chi connectivity index (χ3v) is 19.5. The summed E-state index contributed by atoms with van der Waals surface area (Å²) < 4.78 is 5.87. The van der Waals surface area contributed by atoms with E-state index in [0.29, 0.717) is 11.8 Å². The van der Waals surface area contributed by atoms with Gasteiger partial charge in [0, 0.05) is 40.3 Å². The van der Waals surface area contributed by atoms with Gasteiger partial charge in [0.05, 0.1) is 0 Å². The Balaban J connectivity index is 0.937. The maximum atomic E-state index is 2.64. The predicted octanol–water partition coefficient (Wildman–Crippen LogP) is 19.5. The first-order valence-corrected chi connectivity index (χ1v) is 27.1. The number of benzene rings is 6. The number of thiophene rings is 2. The molecule has 0 nitrogen and oxygen atoms in total. The highest BCUT2D eigenvalue weighted by Gasteiger charge is 2.26. The van der Waals surface area contributed by atoms with E-state index >= 15 is 0 Å².